The zero-order chi connectivity index (χ0) is 16.9. The molecule has 4 nitrogen and oxygen atoms in total. The van der Waals surface area contributed by atoms with Gasteiger partial charge in [0, 0.05) is 5.71 Å². The van der Waals surface area contributed by atoms with Crippen molar-refractivity contribution in [3.8, 4) is 0 Å². The number of aliphatic hydroxyl groups is 1. The summed E-state index contributed by atoms with van der Waals surface area (Å²) in [6.45, 7) is 6.91. The minimum atomic E-state index is -1.17. The first kappa shape index (κ1) is 17.7. The number of nitrogens with one attached hydrogen (secondary N) is 1. The van der Waals surface area contributed by atoms with E-state index in [0.717, 1.165) is 37.3 Å². The van der Waals surface area contributed by atoms with Gasteiger partial charge in [0.1, 0.15) is 0 Å². The van der Waals surface area contributed by atoms with Crippen LogP contribution in [0.25, 0.3) is 0 Å². The summed E-state index contributed by atoms with van der Waals surface area (Å²) in [7, 11) is 0. The smallest absolute Gasteiger partial charge is 0.273 e. The van der Waals surface area contributed by atoms with Crippen LogP contribution in [0.5, 0.6) is 0 Å². The van der Waals surface area contributed by atoms with Gasteiger partial charge in [0.15, 0.2) is 6.10 Å². The van der Waals surface area contributed by atoms with Crippen molar-refractivity contribution in [2.24, 2.45) is 16.4 Å². The second-order valence-electron chi connectivity index (χ2n) is 7.08. The monoisotopic (exact) mass is 316 g/mol. The average Bonchev–Trinajstić information content (AvgIpc) is 2.60. The molecular weight excluding hydrogens is 288 g/mol. The number of aliphatic hydroxyl groups excluding tert-OH is 1. The zero-order valence-corrected chi connectivity index (χ0v) is 14.4. The van der Waals surface area contributed by atoms with Gasteiger partial charge in [-0.1, -0.05) is 57.5 Å². The van der Waals surface area contributed by atoms with Gasteiger partial charge in [-0.2, -0.15) is 5.10 Å². The summed E-state index contributed by atoms with van der Waals surface area (Å²) in [6, 6.07) is 8.92. The summed E-state index contributed by atoms with van der Waals surface area (Å²) in [5.41, 5.74) is 4.50. The highest BCUT2D eigenvalue weighted by Gasteiger charge is 2.30. The van der Waals surface area contributed by atoms with Gasteiger partial charge in [-0.3, -0.25) is 4.79 Å². The Morgan fingerprint density at radius 1 is 1.30 bits per heavy atom. The first-order chi connectivity index (χ1) is 10.9. The fourth-order valence-electron chi connectivity index (χ4n) is 3.11. The van der Waals surface area contributed by atoms with Crippen molar-refractivity contribution in [1.29, 1.82) is 0 Å². The lowest BCUT2D eigenvalue weighted by Crippen LogP contribution is -2.30. The SMILES string of the molecule is CCC(C)(C)C1CCC(=NNC(=O)C(O)c2ccccc2)CC1. The third-order valence-corrected chi connectivity index (χ3v) is 5.27. The molecule has 0 saturated heterocycles. The van der Waals surface area contributed by atoms with Gasteiger partial charge in [0.25, 0.3) is 5.91 Å². The molecule has 1 aliphatic rings. The predicted octanol–water partition coefficient (Wildman–Crippen LogP) is 3.82. The lowest BCUT2D eigenvalue weighted by atomic mass is 9.69. The van der Waals surface area contributed by atoms with Gasteiger partial charge in [0.2, 0.25) is 0 Å². The molecule has 1 unspecified atom stereocenters. The largest absolute Gasteiger partial charge is 0.378 e. The number of carbonyl (C=O) groups is 1. The standard InChI is InChI=1S/C19H28N2O2/c1-4-19(2,3)15-10-12-16(13-11-15)20-21-18(23)17(22)14-8-6-5-7-9-14/h5-9,15,17,22H,4,10-13H2,1-3H3,(H,21,23). The van der Waals surface area contributed by atoms with Crippen molar-refractivity contribution in [3.63, 3.8) is 0 Å². The number of hydrazone groups is 1. The molecule has 0 bridgehead atoms. The Morgan fingerprint density at radius 2 is 1.91 bits per heavy atom. The molecule has 2 rings (SSSR count). The van der Waals surface area contributed by atoms with Crippen molar-refractivity contribution < 1.29 is 9.90 Å². The predicted molar refractivity (Wildman–Crippen MR) is 93.0 cm³/mol. The van der Waals surface area contributed by atoms with Gasteiger partial charge in [-0.05, 0) is 42.6 Å². The molecule has 23 heavy (non-hydrogen) atoms. The van der Waals surface area contributed by atoms with E-state index in [-0.39, 0.29) is 0 Å². The second-order valence-corrected chi connectivity index (χ2v) is 7.08. The highest BCUT2D eigenvalue weighted by molar-refractivity contribution is 5.88. The molecule has 1 fully saturated rings. The van der Waals surface area contributed by atoms with Crippen LogP contribution in [-0.4, -0.2) is 16.7 Å². The molecule has 0 radical (unpaired) electrons. The molecule has 1 aliphatic carbocycles. The highest BCUT2D eigenvalue weighted by Crippen LogP contribution is 2.39. The van der Waals surface area contributed by atoms with Crippen molar-refractivity contribution in [2.45, 2.75) is 59.0 Å². The molecule has 0 aromatic heterocycles. The Bertz CT molecular complexity index is 542. The van der Waals surface area contributed by atoms with Crippen LogP contribution < -0.4 is 5.43 Å². The van der Waals surface area contributed by atoms with E-state index in [1.807, 2.05) is 6.07 Å². The molecule has 4 heteroatoms. The summed E-state index contributed by atoms with van der Waals surface area (Å²) >= 11 is 0. The van der Waals surface area contributed by atoms with E-state index >= 15 is 0 Å². The number of rotatable bonds is 5. The maximum atomic E-state index is 12.0. The first-order valence-electron chi connectivity index (χ1n) is 8.52. The van der Waals surface area contributed by atoms with Crippen LogP contribution in [0.4, 0.5) is 0 Å². The van der Waals surface area contributed by atoms with Crippen molar-refractivity contribution >= 4 is 11.6 Å². The van der Waals surface area contributed by atoms with E-state index in [9.17, 15) is 9.90 Å². The molecule has 1 aromatic carbocycles. The Hall–Kier alpha value is -1.68. The highest BCUT2D eigenvalue weighted by atomic mass is 16.3. The minimum Gasteiger partial charge on any atom is -0.378 e. The number of hydrogen-bond donors (Lipinski definition) is 2. The average molecular weight is 316 g/mol. The lowest BCUT2D eigenvalue weighted by molar-refractivity contribution is -0.129. The van der Waals surface area contributed by atoms with E-state index in [0.29, 0.717) is 11.0 Å². The van der Waals surface area contributed by atoms with Crippen LogP contribution in [0.2, 0.25) is 0 Å². The normalized spacial score (nSPS) is 20.0. The molecule has 1 atom stereocenters. The number of amides is 1. The number of carbonyl (C=O) groups excluding carboxylic acids is 1. The molecule has 0 aliphatic heterocycles. The van der Waals surface area contributed by atoms with Crippen LogP contribution in [-0.2, 0) is 4.79 Å². The van der Waals surface area contributed by atoms with E-state index in [1.54, 1.807) is 24.3 Å². The molecule has 1 amide bonds. The summed E-state index contributed by atoms with van der Waals surface area (Å²) in [5.74, 6) is 0.247. The molecule has 1 saturated carbocycles. The third-order valence-electron chi connectivity index (χ3n) is 5.27. The van der Waals surface area contributed by atoms with Crippen LogP contribution in [0.1, 0.15) is 64.5 Å². The quantitative estimate of drug-likeness (QED) is 0.811. The van der Waals surface area contributed by atoms with Gasteiger partial charge in [-0.15, -0.1) is 0 Å². The maximum Gasteiger partial charge on any atom is 0.273 e. The molecule has 0 heterocycles. The molecule has 126 valence electrons. The van der Waals surface area contributed by atoms with Gasteiger partial charge < -0.3 is 5.11 Å². The Balaban J connectivity index is 1.86. The minimum absolute atomic E-state index is 0.373. The number of hydrogen-bond acceptors (Lipinski definition) is 3. The molecule has 1 aromatic rings. The Labute approximate surface area is 139 Å². The van der Waals surface area contributed by atoms with Crippen molar-refractivity contribution in [2.75, 3.05) is 0 Å². The fraction of sp³-hybridized carbons (Fsp3) is 0.579. The first-order valence-corrected chi connectivity index (χ1v) is 8.52. The van der Waals surface area contributed by atoms with Gasteiger partial charge in [0.05, 0.1) is 0 Å². The van der Waals surface area contributed by atoms with E-state index in [1.165, 1.54) is 6.42 Å². The third kappa shape index (κ3) is 4.64. The molecule has 0 spiro atoms. The fourth-order valence-corrected chi connectivity index (χ4v) is 3.11. The van der Waals surface area contributed by atoms with Crippen molar-refractivity contribution in [3.05, 3.63) is 35.9 Å². The van der Waals surface area contributed by atoms with E-state index in [4.69, 9.17) is 0 Å². The molecule has 2 N–H and O–H groups in total. The van der Waals surface area contributed by atoms with Crippen molar-refractivity contribution in [1.82, 2.24) is 5.43 Å². The summed E-state index contributed by atoms with van der Waals surface area (Å²) in [6.07, 6.45) is 4.11. The lowest BCUT2D eigenvalue weighted by Gasteiger charge is -2.36. The van der Waals surface area contributed by atoms with Crippen LogP contribution in [0.15, 0.2) is 35.4 Å². The summed E-state index contributed by atoms with van der Waals surface area (Å²) < 4.78 is 0. The zero-order valence-electron chi connectivity index (χ0n) is 14.4. The Morgan fingerprint density at radius 3 is 2.48 bits per heavy atom. The topological polar surface area (TPSA) is 61.7 Å². The van der Waals surface area contributed by atoms with Gasteiger partial charge in [-0.25, -0.2) is 5.43 Å². The van der Waals surface area contributed by atoms with E-state index < -0.39 is 12.0 Å². The number of nitrogens with zero attached hydrogens (tertiary/aromatic N) is 1. The maximum absolute atomic E-state index is 12.0. The molecular formula is C19H28N2O2. The summed E-state index contributed by atoms with van der Waals surface area (Å²) in [5, 5.41) is 14.2. The second kappa shape index (κ2) is 7.73. The number of benzene rings is 1. The van der Waals surface area contributed by atoms with Crippen LogP contribution >= 0.6 is 0 Å². The van der Waals surface area contributed by atoms with Gasteiger partial charge >= 0.3 is 0 Å². The van der Waals surface area contributed by atoms with E-state index in [2.05, 4.69) is 31.3 Å². The summed E-state index contributed by atoms with van der Waals surface area (Å²) in [4.78, 5) is 12.0. The Kier molecular flexibility index (Phi) is 5.94. The van der Waals surface area contributed by atoms with Crippen LogP contribution in [0.3, 0.4) is 0 Å². The van der Waals surface area contributed by atoms with Crippen LogP contribution in [0, 0.1) is 11.3 Å².